The van der Waals surface area contributed by atoms with Gasteiger partial charge in [0.1, 0.15) is 23.9 Å². The highest BCUT2D eigenvalue weighted by atomic mass is 35.5. The Balaban J connectivity index is 1.48. The van der Waals surface area contributed by atoms with Gasteiger partial charge in [-0.2, -0.15) is 0 Å². The largest absolute Gasteiger partial charge is 0.497 e. The fourth-order valence-electron chi connectivity index (χ4n) is 4.46. The van der Waals surface area contributed by atoms with Gasteiger partial charge in [-0.3, -0.25) is 0 Å². The van der Waals surface area contributed by atoms with Crippen LogP contribution in [0.1, 0.15) is 28.4 Å². The summed E-state index contributed by atoms with van der Waals surface area (Å²) >= 11 is 12.3. The summed E-state index contributed by atoms with van der Waals surface area (Å²) < 4.78 is 17.0. The van der Waals surface area contributed by atoms with E-state index in [-0.39, 0.29) is 6.04 Å². The van der Waals surface area contributed by atoms with Crippen LogP contribution in [0.3, 0.4) is 0 Å². The highest BCUT2D eigenvalue weighted by molar-refractivity contribution is 6.35. The van der Waals surface area contributed by atoms with Crippen molar-refractivity contribution >= 4 is 34.1 Å². The van der Waals surface area contributed by atoms with Crippen molar-refractivity contribution < 1.29 is 14.2 Å². The molecule has 2 heterocycles. The fraction of sp³-hybridized carbons (Fsp3) is 0.231. The van der Waals surface area contributed by atoms with Gasteiger partial charge in [0.05, 0.1) is 25.3 Å². The maximum absolute atomic E-state index is 6.28. The second kappa shape index (κ2) is 9.18. The van der Waals surface area contributed by atoms with E-state index in [0.29, 0.717) is 22.4 Å². The van der Waals surface area contributed by atoms with Crippen molar-refractivity contribution in [2.24, 2.45) is 0 Å². The zero-order valence-electron chi connectivity index (χ0n) is 18.4. The maximum Gasteiger partial charge on any atom is 0.138 e. The lowest BCUT2D eigenvalue weighted by Crippen LogP contribution is -2.30. The van der Waals surface area contributed by atoms with E-state index >= 15 is 0 Å². The fourth-order valence-corrected chi connectivity index (χ4v) is 4.92. The molecule has 0 spiro atoms. The molecule has 1 aliphatic heterocycles. The Morgan fingerprint density at radius 1 is 0.939 bits per heavy atom. The van der Waals surface area contributed by atoms with Crippen molar-refractivity contribution in [1.29, 1.82) is 0 Å². The Labute approximate surface area is 202 Å². The number of ether oxygens (including phenoxy) is 3. The van der Waals surface area contributed by atoms with Crippen molar-refractivity contribution in [2.45, 2.75) is 19.1 Å². The number of benzene rings is 3. The van der Waals surface area contributed by atoms with Crippen molar-refractivity contribution in [2.75, 3.05) is 20.8 Å². The molecule has 1 aliphatic rings. The van der Waals surface area contributed by atoms with Crippen molar-refractivity contribution in [3.63, 3.8) is 0 Å². The van der Waals surface area contributed by atoms with Gasteiger partial charge in [0, 0.05) is 33.7 Å². The van der Waals surface area contributed by atoms with E-state index in [2.05, 4.69) is 34.6 Å². The third kappa shape index (κ3) is 4.24. The molecule has 0 fully saturated rings. The topological polar surface area (TPSA) is 55.5 Å². The summed E-state index contributed by atoms with van der Waals surface area (Å²) in [5.41, 5.74) is 5.70. The van der Waals surface area contributed by atoms with E-state index in [4.69, 9.17) is 37.4 Å². The molecule has 7 heteroatoms. The molecule has 4 aromatic rings. The molecule has 1 aromatic heterocycles. The number of hydrogen-bond donors (Lipinski definition) is 2. The average Bonchev–Trinajstić information content (AvgIpc) is 3.21. The van der Waals surface area contributed by atoms with Crippen LogP contribution >= 0.6 is 23.2 Å². The molecule has 2 N–H and O–H groups in total. The number of hydrogen-bond acceptors (Lipinski definition) is 4. The first-order chi connectivity index (χ1) is 16.1. The van der Waals surface area contributed by atoms with E-state index < -0.39 is 0 Å². The van der Waals surface area contributed by atoms with Gasteiger partial charge in [-0.05, 0) is 66.1 Å². The Bertz CT molecular complexity index is 1320. The Kier molecular flexibility index (Phi) is 6.11. The first-order valence-corrected chi connectivity index (χ1v) is 11.5. The molecule has 0 saturated carbocycles. The minimum Gasteiger partial charge on any atom is -0.497 e. The van der Waals surface area contributed by atoms with E-state index in [1.165, 1.54) is 16.6 Å². The van der Waals surface area contributed by atoms with Gasteiger partial charge >= 0.3 is 0 Å². The van der Waals surface area contributed by atoms with E-state index in [9.17, 15) is 0 Å². The highest BCUT2D eigenvalue weighted by Gasteiger charge is 2.26. The minimum atomic E-state index is 0.0379. The van der Waals surface area contributed by atoms with E-state index in [1.807, 2.05) is 12.1 Å². The lowest BCUT2D eigenvalue weighted by Gasteiger charge is -2.25. The van der Waals surface area contributed by atoms with Crippen molar-refractivity contribution in [1.82, 2.24) is 10.3 Å². The molecule has 33 heavy (non-hydrogen) atoms. The molecule has 5 nitrogen and oxygen atoms in total. The van der Waals surface area contributed by atoms with Gasteiger partial charge in [0.25, 0.3) is 0 Å². The minimum absolute atomic E-state index is 0.0379. The monoisotopic (exact) mass is 482 g/mol. The van der Waals surface area contributed by atoms with Gasteiger partial charge in [-0.25, -0.2) is 0 Å². The number of fused-ring (bicyclic) bond motifs is 3. The molecular weight excluding hydrogens is 459 g/mol. The van der Waals surface area contributed by atoms with Crippen LogP contribution < -0.4 is 19.5 Å². The Morgan fingerprint density at radius 2 is 1.79 bits per heavy atom. The summed E-state index contributed by atoms with van der Waals surface area (Å²) in [4.78, 5) is 3.62. The van der Waals surface area contributed by atoms with E-state index in [0.717, 1.165) is 41.1 Å². The Morgan fingerprint density at radius 3 is 2.58 bits per heavy atom. The number of halogens is 2. The number of aromatic amines is 1. The number of H-pyrrole nitrogens is 1. The summed E-state index contributed by atoms with van der Waals surface area (Å²) in [7, 11) is 3.36. The SMILES string of the molecule is COc1ccc2[nH]c3c(c2c1)CCNC3c1ccc(OC)c(COc2ccc(Cl)cc2Cl)c1. The molecule has 0 bridgehead atoms. The third-order valence-corrected chi connectivity index (χ3v) is 6.60. The molecular formula is C26H24Cl2N2O3. The molecule has 0 saturated heterocycles. The van der Waals surface area contributed by atoms with Crippen LogP contribution in [-0.4, -0.2) is 25.7 Å². The molecule has 1 atom stereocenters. The number of methoxy groups -OCH3 is 2. The van der Waals surface area contributed by atoms with Gasteiger partial charge < -0.3 is 24.5 Å². The molecule has 0 radical (unpaired) electrons. The summed E-state index contributed by atoms with van der Waals surface area (Å²) in [6, 6.07) is 17.6. The first-order valence-electron chi connectivity index (χ1n) is 10.7. The second-order valence-electron chi connectivity index (χ2n) is 8.00. The van der Waals surface area contributed by atoms with Crippen LogP contribution in [-0.2, 0) is 13.0 Å². The quantitative estimate of drug-likeness (QED) is 0.338. The summed E-state index contributed by atoms with van der Waals surface area (Å²) in [6.07, 6.45) is 0.959. The summed E-state index contributed by atoms with van der Waals surface area (Å²) in [5.74, 6) is 2.21. The van der Waals surface area contributed by atoms with Gasteiger partial charge in [0.2, 0.25) is 0 Å². The second-order valence-corrected chi connectivity index (χ2v) is 8.84. The zero-order valence-corrected chi connectivity index (χ0v) is 19.9. The smallest absolute Gasteiger partial charge is 0.138 e. The van der Waals surface area contributed by atoms with Crippen LogP contribution in [0.25, 0.3) is 10.9 Å². The van der Waals surface area contributed by atoms with Crippen molar-refractivity contribution in [3.8, 4) is 17.2 Å². The van der Waals surface area contributed by atoms with Crippen molar-refractivity contribution in [3.05, 3.63) is 87.0 Å². The van der Waals surface area contributed by atoms with Crippen LogP contribution in [0.4, 0.5) is 0 Å². The number of rotatable bonds is 6. The van der Waals surface area contributed by atoms with Crippen LogP contribution in [0.2, 0.25) is 10.0 Å². The summed E-state index contributed by atoms with van der Waals surface area (Å²) in [5, 5.41) is 5.92. The molecule has 170 valence electrons. The molecule has 1 unspecified atom stereocenters. The van der Waals surface area contributed by atoms with Gasteiger partial charge in [-0.15, -0.1) is 0 Å². The van der Waals surface area contributed by atoms with Crippen LogP contribution in [0.15, 0.2) is 54.6 Å². The Hall–Kier alpha value is -2.86. The predicted octanol–water partition coefficient (Wildman–Crippen LogP) is 6.31. The third-order valence-electron chi connectivity index (χ3n) is 6.07. The lowest BCUT2D eigenvalue weighted by molar-refractivity contribution is 0.296. The standard InChI is InChI=1S/C26H24Cl2N2O3/c1-31-18-5-6-22-20(13-18)19-9-10-29-25(26(19)30-22)15-3-7-23(32-2)16(11-15)14-33-24-8-4-17(27)12-21(24)28/h3-8,11-13,25,29-30H,9-10,14H2,1-2H3. The predicted molar refractivity (Wildman–Crippen MR) is 132 cm³/mol. The van der Waals surface area contributed by atoms with Gasteiger partial charge in [-0.1, -0.05) is 29.3 Å². The normalized spacial score (nSPS) is 15.3. The zero-order chi connectivity index (χ0) is 22.9. The number of aromatic nitrogens is 1. The van der Waals surface area contributed by atoms with Crippen LogP contribution in [0, 0.1) is 0 Å². The molecule has 5 rings (SSSR count). The number of nitrogens with one attached hydrogen (secondary N) is 2. The highest BCUT2D eigenvalue weighted by Crippen LogP contribution is 2.37. The molecule has 0 aliphatic carbocycles. The van der Waals surface area contributed by atoms with E-state index in [1.54, 1.807) is 32.4 Å². The summed E-state index contributed by atoms with van der Waals surface area (Å²) in [6.45, 7) is 1.21. The molecule has 0 amide bonds. The lowest BCUT2D eigenvalue weighted by atomic mass is 9.93. The first kappa shape index (κ1) is 22.0. The maximum atomic E-state index is 6.28. The average molecular weight is 483 g/mol. The van der Waals surface area contributed by atoms with Crippen LogP contribution in [0.5, 0.6) is 17.2 Å². The van der Waals surface area contributed by atoms with Gasteiger partial charge in [0.15, 0.2) is 0 Å². The molecule has 3 aromatic carbocycles.